The molecule has 0 bridgehead atoms. The van der Waals surface area contributed by atoms with Crippen molar-refractivity contribution in [2.75, 3.05) is 26.2 Å². The molecule has 1 unspecified atom stereocenters. The van der Waals surface area contributed by atoms with Gasteiger partial charge in [0.25, 0.3) is 0 Å². The summed E-state index contributed by atoms with van der Waals surface area (Å²) in [6, 6.07) is 7.47. The van der Waals surface area contributed by atoms with Crippen LogP contribution in [0.3, 0.4) is 0 Å². The lowest BCUT2D eigenvalue weighted by Crippen LogP contribution is -2.32. The third-order valence-corrected chi connectivity index (χ3v) is 4.56. The molecular weight excluding hydrogens is 300 g/mol. The van der Waals surface area contributed by atoms with Gasteiger partial charge in [-0.1, -0.05) is 35.8 Å². The van der Waals surface area contributed by atoms with E-state index in [1.54, 1.807) is 0 Å². The molecule has 3 rings (SSSR count). The zero-order chi connectivity index (χ0) is 15.6. The molecular formula is C16H21ClN4O. The highest BCUT2D eigenvalue weighted by Gasteiger charge is 2.32. The van der Waals surface area contributed by atoms with Gasteiger partial charge in [0.2, 0.25) is 11.7 Å². The second kappa shape index (κ2) is 6.36. The number of likely N-dealkylation sites (tertiary alicyclic amines) is 1. The number of hydrogen-bond acceptors (Lipinski definition) is 5. The molecule has 1 atom stereocenters. The molecule has 1 aliphatic heterocycles. The zero-order valence-corrected chi connectivity index (χ0v) is 13.5. The topological polar surface area (TPSA) is 68.2 Å². The van der Waals surface area contributed by atoms with Crippen molar-refractivity contribution in [3.05, 3.63) is 35.2 Å². The van der Waals surface area contributed by atoms with Crippen molar-refractivity contribution in [3.63, 3.8) is 0 Å². The molecule has 0 saturated carbocycles. The minimum atomic E-state index is 0.251. The summed E-state index contributed by atoms with van der Waals surface area (Å²) >= 11 is 5.99. The van der Waals surface area contributed by atoms with E-state index in [0.29, 0.717) is 16.7 Å². The van der Waals surface area contributed by atoms with Crippen LogP contribution in [0.15, 0.2) is 28.8 Å². The van der Waals surface area contributed by atoms with Gasteiger partial charge < -0.3 is 15.2 Å². The average molecular weight is 321 g/mol. The van der Waals surface area contributed by atoms with Gasteiger partial charge in [-0.05, 0) is 37.1 Å². The third-order valence-electron chi connectivity index (χ3n) is 4.32. The van der Waals surface area contributed by atoms with Gasteiger partial charge in [0, 0.05) is 30.1 Å². The molecule has 0 radical (unpaired) electrons. The summed E-state index contributed by atoms with van der Waals surface area (Å²) < 4.78 is 5.34. The maximum Gasteiger partial charge on any atom is 0.228 e. The SMILES string of the molecule is CC1(CN)CCN(CCc2nc(-c3cccc(Cl)c3)no2)C1. The summed E-state index contributed by atoms with van der Waals surface area (Å²) in [4.78, 5) is 6.86. The van der Waals surface area contributed by atoms with Crippen LogP contribution in [0.25, 0.3) is 11.4 Å². The van der Waals surface area contributed by atoms with Crippen LogP contribution in [-0.2, 0) is 6.42 Å². The lowest BCUT2D eigenvalue weighted by molar-refractivity contribution is 0.271. The van der Waals surface area contributed by atoms with Crippen molar-refractivity contribution < 1.29 is 4.52 Å². The van der Waals surface area contributed by atoms with Crippen molar-refractivity contribution in [1.82, 2.24) is 15.0 Å². The smallest absolute Gasteiger partial charge is 0.228 e. The Morgan fingerprint density at radius 2 is 2.32 bits per heavy atom. The number of hydrogen-bond donors (Lipinski definition) is 1. The van der Waals surface area contributed by atoms with Gasteiger partial charge in [-0.25, -0.2) is 0 Å². The second-order valence-corrected chi connectivity index (χ2v) is 6.75. The quantitative estimate of drug-likeness (QED) is 0.917. The van der Waals surface area contributed by atoms with E-state index >= 15 is 0 Å². The molecule has 1 saturated heterocycles. The highest BCUT2D eigenvalue weighted by Crippen LogP contribution is 2.28. The summed E-state index contributed by atoms with van der Waals surface area (Å²) in [7, 11) is 0. The van der Waals surface area contributed by atoms with Crippen LogP contribution in [0.1, 0.15) is 19.2 Å². The number of aromatic nitrogens is 2. The third kappa shape index (κ3) is 3.48. The van der Waals surface area contributed by atoms with Gasteiger partial charge in [-0.15, -0.1) is 0 Å². The molecule has 2 aromatic rings. The van der Waals surface area contributed by atoms with Gasteiger partial charge >= 0.3 is 0 Å². The highest BCUT2D eigenvalue weighted by atomic mass is 35.5. The number of rotatable bonds is 5. The molecule has 0 aliphatic carbocycles. The first-order chi connectivity index (χ1) is 10.6. The molecule has 1 aromatic carbocycles. The summed E-state index contributed by atoms with van der Waals surface area (Å²) in [6.07, 6.45) is 1.91. The van der Waals surface area contributed by atoms with Crippen LogP contribution in [0.4, 0.5) is 0 Å². The van der Waals surface area contributed by atoms with E-state index in [1.165, 1.54) is 0 Å². The van der Waals surface area contributed by atoms with Crippen molar-refractivity contribution in [2.45, 2.75) is 19.8 Å². The Labute approximate surface area is 135 Å². The lowest BCUT2D eigenvalue weighted by atomic mass is 9.90. The van der Waals surface area contributed by atoms with Crippen LogP contribution in [0.5, 0.6) is 0 Å². The predicted molar refractivity (Wildman–Crippen MR) is 86.7 cm³/mol. The Morgan fingerprint density at radius 3 is 3.05 bits per heavy atom. The van der Waals surface area contributed by atoms with Gasteiger partial charge in [-0.3, -0.25) is 0 Å². The van der Waals surface area contributed by atoms with E-state index in [2.05, 4.69) is 22.0 Å². The van der Waals surface area contributed by atoms with Crippen molar-refractivity contribution >= 4 is 11.6 Å². The van der Waals surface area contributed by atoms with E-state index in [4.69, 9.17) is 21.9 Å². The molecule has 22 heavy (non-hydrogen) atoms. The van der Waals surface area contributed by atoms with Crippen LogP contribution in [0.2, 0.25) is 5.02 Å². The molecule has 0 amide bonds. The lowest BCUT2D eigenvalue weighted by Gasteiger charge is -2.22. The monoisotopic (exact) mass is 320 g/mol. The van der Waals surface area contributed by atoms with Crippen LogP contribution >= 0.6 is 11.6 Å². The molecule has 1 aromatic heterocycles. The molecule has 6 heteroatoms. The van der Waals surface area contributed by atoms with Crippen LogP contribution in [-0.4, -0.2) is 41.2 Å². The molecule has 118 valence electrons. The Bertz CT molecular complexity index is 645. The maximum absolute atomic E-state index is 5.99. The van der Waals surface area contributed by atoms with Crippen LogP contribution in [0, 0.1) is 5.41 Å². The van der Waals surface area contributed by atoms with E-state index < -0.39 is 0 Å². The van der Waals surface area contributed by atoms with Gasteiger partial charge in [-0.2, -0.15) is 4.98 Å². The standard InChI is InChI=1S/C16H21ClN4O/c1-16(10-18)6-8-21(11-16)7-5-14-19-15(20-22-14)12-3-2-4-13(17)9-12/h2-4,9H,5-8,10-11,18H2,1H3. The van der Waals surface area contributed by atoms with E-state index in [1.807, 2.05) is 24.3 Å². The Hall–Kier alpha value is -1.43. The number of nitrogens with zero attached hydrogens (tertiary/aromatic N) is 3. The Morgan fingerprint density at radius 1 is 1.45 bits per heavy atom. The minimum absolute atomic E-state index is 0.251. The summed E-state index contributed by atoms with van der Waals surface area (Å²) in [6.45, 7) is 6.04. The first kappa shape index (κ1) is 15.5. The van der Waals surface area contributed by atoms with E-state index in [-0.39, 0.29) is 5.41 Å². The van der Waals surface area contributed by atoms with Gasteiger partial charge in [0.15, 0.2) is 0 Å². The fourth-order valence-electron chi connectivity index (χ4n) is 2.84. The molecule has 2 N–H and O–H groups in total. The van der Waals surface area contributed by atoms with Crippen molar-refractivity contribution in [3.8, 4) is 11.4 Å². The maximum atomic E-state index is 5.99. The largest absolute Gasteiger partial charge is 0.339 e. The fraction of sp³-hybridized carbons (Fsp3) is 0.500. The molecule has 2 heterocycles. The molecule has 1 fully saturated rings. The first-order valence-corrected chi connectivity index (χ1v) is 7.97. The number of benzene rings is 1. The minimum Gasteiger partial charge on any atom is -0.339 e. The van der Waals surface area contributed by atoms with Crippen LogP contribution < -0.4 is 5.73 Å². The highest BCUT2D eigenvalue weighted by molar-refractivity contribution is 6.30. The molecule has 5 nitrogen and oxygen atoms in total. The van der Waals surface area contributed by atoms with Crippen molar-refractivity contribution in [1.29, 1.82) is 0 Å². The summed E-state index contributed by atoms with van der Waals surface area (Å²) in [5.41, 5.74) is 6.96. The first-order valence-electron chi connectivity index (χ1n) is 7.59. The van der Waals surface area contributed by atoms with Gasteiger partial charge in [0.05, 0.1) is 0 Å². The number of halogens is 1. The molecule has 0 spiro atoms. The van der Waals surface area contributed by atoms with E-state index in [0.717, 1.165) is 44.6 Å². The molecule has 1 aliphatic rings. The summed E-state index contributed by atoms with van der Waals surface area (Å²) in [5.74, 6) is 1.25. The zero-order valence-electron chi connectivity index (χ0n) is 12.8. The number of nitrogens with two attached hydrogens (primary N) is 1. The average Bonchev–Trinajstić information content (AvgIpc) is 3.13. The normalized spacial score (nSPS) is 22.3. The summed E-state index contributed by atoms with van der Waals surface area (Å²) in [5, 5.41) is 4.70. The van der Waals surface area contributed by atoms with Crippen molar-refractivity contribution in [2.24, 2.45) is 11.1 Å². The predicted octanol–water partition coefficient (Wildman–Crippen LogP) is 2.60. The Balaban J connectivity index is 1.59. The fourth-order valence-corrected chi connectivity index (χ4v) is 3.03. The van der Waals surface area contributed by atoms with E-state index in [9.17, 15) is 0 Å². The second-order valence-electron chi connectivity index (χ2n) is 6.31. The van der Waals surface area contributed by atoms with Gasteiger partial charge in [0.1, 0.15) is 0 Å². The Kier molecular flexibility index (Phi) is 4.47.